The number of esters is 2. The van der Waals surface area contributed by atoms with Gasteiger partial charge in [0.1, 0.15) is 15.7 Å². The van der Waals surface area contributed by atoms with Gasteiger partial charge in [-0.1, -0.05) is 31.7 Å². The van der Waals surface area contributed by atoms with Crippen LogP contribution in [-0.2, 0) is 20.8 Å². The molecule has 1 N–H and O–H groups in total. The normalized spacial score (nSPS) is 10.7. The number of nitrogens with one attached hydrogen (secondary N) is 1. The fraction of sp³-hybridized carbons (Fsp3) is 0.421. The molecule has 0 bridgehead atoms. The summed E-state index contributed by atoms with van der Waals surface area (Å²) < 4.78 is 11.4. The Morgan fingerprint density at radius 1 is 1.23 bits per heavy atom. The van der Waals surface area contributed by atoms with E-state index in [1.165, 1.54) is 26.0 Å². The van der Waals surface area contributed by atoms with Crippen molar-refractivity contribution in [3.63, 3.8) is 0 Å². The summed E-state index contributed by atoms with van der Waals surface area (Å²) in [6.07, 6.45) is 1.74. The Bertz CT molecular complexity index is 965. The van der Waals surface area contributed by atoms with Gasteiger partial charge in [-0.25, -0.2) is 9.59 Å². The minimum atomic E-state index is -0.644. The summed E-state index contributed by atoms with van der Waals surface area (Å²) >= 11 is 2.19. The summed E-state index contributed by atoms with van der Waals surface area (Å²) in [5.74, 6) is -0.567. The fourth-order valence-corrected chi connectivity index (χ4v) is 4.55. The lowest BCUT2D eigenvalue weighted by Gasteiger charge is -2.09. The summed E-state index contributed by atoms with van der Waals surface area (Å²) in [4.78, 5) is 36.9. The van der Waals surface area contributed by atoms with E-state index in [4.69, 9.17) is 9.47 Å². The van der Waals surface area contributed by atoms with Gasteiger partial charge in [0.2, 0.25) is 5.91 Å². The molecule has 0 aliphatic heterocycles. The molecule has 2 aromatic rings. The molecule has 2 rings (SSSR count). The number of methoxy groups -OCH3 is 2. The van der Waals surface area contributed by atoms with Crippen molar-refractivity contribution in [1.82, 2.24) is 14.8 Å². The maximum absolute atomic E-state index is 12.5. The van der Waals surface area contributed by atoms with Crippen LogP contribution < -0.4 is 5.32 Å². The second kappa shape index (κ2) is 10.4. The average Bonchev–Trinajstić information content (AvgIpc) is 3.26. The summed E-state index contributed by atoms with van der Waals surface area (Å²) in [5, 5.41) is 11.9. The predicted octanol–water partition coefficient (Wildman–Crippen LogP) is 3.26. The lowest BCUT2D eigenvalue weighted by molar-refractivity contribution is -0.113. The first-order chi connectivity index (χ1) is 14.2. The molecular weight excluding hydrogens is 428 g/mol. The Morgan fingerprint density at radius 2 is 1.90 bits per heavy atom. The highest BCUT2D eigenvalue weighted by molar-refractivity contribution is 7.99. The Hall–Kier alpha value is -2.66. The van der Waals surface area contributed by atoms with Gasteiger partial charge in [0.25, 0.3) is 0 Å². The third-order valence-electron chi connectivity index (χ3n) is 4.07. The van der Waals surface area contributed by atoms with E-state index in [9.17, 15) is 14.4 Å². The molecule has 0 atom stereocenters. The van der Waals surface area contributed by atoms with Crippen LogP contribution in [0.3, 0.4) is 0 Å². The summed E-state index contributed by atoms with van der Waals surface area (Å²) in [5.41, 5.74) is 0.534. The molecule has 0 spiro atoms. The van der Waals surface area contributed by atoms with E-state index in [0.717, 1.165) is 17.2 Å². The highest BCUT2D eigenvalue weighted by Gasteiger charge is 2.27. The molecule has 0 saturated carbocycles. The zero-order valence-corrected chi connectivity index (χ0v) is 19.1. The Kier molecular flexibility index (Phi) is 8.18. The van der Waals surface area contributed by atoms with Crippen molar-refractivity contribution in [2.75, 3.05) is 25.3 Å². The van der Waals surface area contributed by atoms with E-state index in [-0.39, 0.29) is 33.0 Å². The molecule has 30 heavy (non-hydrogen) atoms. The Morgan fingerprint density at radius 3 is 2.47 bits per heavy atom. The van der Waals surface area contributed by atoms with Crippen molar-refractivity contribution in [1.29, 1.82) is 0 Å². The lowest BCUT2D eigenvalue weighted by Crippen LogP contribution is -2.16. The zero-order chi connectivity index (χ0) is 22.4. The third kappa shape index (κ3) is 5.08. The topological polar surface area (TPSA) is 112 Å². The van der Waals surface area contributed by atoms with Gasteiger partial charge in [-0.05, 0) is 12.5 Å². The number of carbonyl (C=O) groups excluding carboxylic acids is 3. The number of hydrogen-bond donors (Lipinski definition) is 1. The second-order valence-electron chi connectivity index (χ2n) is 6.48. The number of nitrogens with zero attached hydrogens (tertiary/aromatic N) is 3. The van der Waals surface area contributed by atoms with E-state index < -0.39 is 11.9 Å². The SMILES string of the molecule is C=CCn1c(SCC(=O)Nc2sc(C(=O)OC)c(C)c2C(=O)OC)nnc1C(C)C. The van der Waals surface area contributed by atoms with Gasteiger partial charge in [0.05, 0.1) is 25.5 Å². The van der Waals surface area contributed by atoms with E-state index in [2.05, 4.69) is 22.1 Å². The standard InChI is InChI=1S/C19H24N4O5S2/c1-7-8-23-15(10(2)3)21-22-19(23)29-9-12(24)20-16-13(17(25)27-5)11(4)14(30-16)18(26)28-6/h7,10H,1,8-9H2,2-6H3,(H,20,24). The van der Waals surface area contributed by atoms with Crippen molar-refractivity contribution >= 4 is 45.9 Å². The number of ether oxygens (including phenoxy) is 2. The maximum Gasteiger partial charge on any atom is 0.348 e. The van der Waals surface area contributed by atoms with Gasteiger partial charge in [-0.3, -0.25) is 4.79 Å². The van der Waals surface area contributed by atoms with E-state index in [1.54, 1.807) is 13.0 Å². The molecule has 1 amide bonds. The molecule has 0 aliphatic rings. The number of allylic oxidation sites excluding steroid dienone is 1. The second-order valence-corrected chi connectivity index (χ2v) is 8.44. The molecule has 0 radical (unpaired) electrons. The number of anilines is 1. The van der Waals surface area contributed by atoms with Crippen molar-refractivity contribution < 1.29 is 23.9 Å². The summed E-state index contributed by atoms with van der Waals surface area (Å²) in [6.45, 7) is 9.90. The van der Waals surface area contributed by atoms with Crippen LogP contribution in [0, 0.1) is 6.92 Å². The summed E-state index contributed by atoms with van der Waals surface area (Å²) in [7, 11) is 2.48. The van der Waals surface area contributed by atoms with Crippen LogP contribution in [-0.4, -0.2) is 52.6 Å². The molecule has 11 heteroatoms. The fourth-order valence-electron chi connectivity index (χ4n) is 2.66. The average molecular weight is 453 g/mol. The molecule has 0 fully saturated rings. The van der Waals surface area contributed by atoms with Crippen LogP contribution in [0.1, 0.15) is 51.2 Å². The minimum absolute atomic E-state index is 0.0402. The van der Waals surface area contributed by atoms with Gasteiger partial charge in [0.15, 0.2) is 5.16 Å². The smallest absolute Gasteiger partial charge is 0.348 e. The van der Waals surface area contributed by atoms with Crippen LogP contribution in [0.5, 0.6) is 0 Å². The third-order valence-corrected chi connectivity index (χ3v) is 6.22. The van der Waals surface area contributed by atoms with Crippen LogP contribution in [0.25, 0.3) is 0 Å². The van der Waals surface area contributed by atoms with Crippen LogP contribution in [0.2, 0.25) is 0 Å². The number of amides is 1. The van der Waals surface area contributed by atoms with E-state index in [0.29, 0.717) is 17.3 Å². The molecule has 0 aliphatic carbocycles. The number of carbonyl (C=O) groups is 3. The van der Waals surface area contributed by atoms with Gasteiger partial charge in [0, 0.05) is 12.5 Å². The minimum Gasteiger partial charge on any atom is -0.465 e. The molecular formula is C19H24N4O5S2. The number of hydrogen-bond acceptors (Lipinski definition) is 9. The lowest BCUT2D eigenvalue weighted by atomic mass is 10.1. The van der Waals surface area contributed by atoms with Gasteiger partial charge in [-0.15, -0.1) is 28.1 Å². The molecule has 2 aromatic heterocycles. The number of thiophene rings is 1. The maximum atomic E-state index is 12.5. The molecule has 2 heterocycles. The van der Waals surface area contributed by atoms with Crippen LogP contribution in [0.4, 0.5) is 5.00 Å². The number of aromatic nitrogens is 3. The molecule has 0 unspecified atom stereocenters. The molecule has 9 nitrogen and oxygen atoms in total. The van der Waals surface area contributed by atoms with Crippen LogP contribution in [0.15, 0.2) is 17.8 Å². The molecule has 0 aromatic carbocycles. The Balaban J connectivity index is 2.20. The highest BCUT2D eigenvalue weighted by atomic mass is 32.2. The van der Waals surface area contributed by atoms with Crippen molar-refractivity contribution in [2.24, 2.45) is 0 Å². The van der Waals surface area contributed by atoms with E-state index >= 15 is 0 Å². The quantitative estimate of drug-likeness (QED) is 0.350. The molecule has 162 valence electrons. The van der Waals surface area contributed by atoms with Gasteiger partial charge >= 0.3 is 11.9 Å². The van der Waals surface area contributed by atoms with Crippen molar-refractivity contribution in [3.05, 3.63) is 34.5 Å². The first-order valence-corrected chi connectivity index (χ1v) is 10.8. The first-order valence-electron chi connectivity index (χ1n) is 9.01. The van der Waals surface area contributed by atoms with E-state index in [1.807, 2.05) is 18.4 Å². The number of rotatable bonds is 9. The van der Waals surface area contributed by atoms with Crippen molar-refractivity contribution in [2.45, 2.75) is 38.4 Å². The Labute approximate surface area is 182 Å². The van der Waals surface area contributed by atoms with Gasteiger partial charge < -0.3 is 19.4 Å². The monoisotopic (exact) mass is 452 g/mol. The summed E-state index contributed by atoms with van der Waals surface area (Å²) in [6, 6.07) is 0. The zero-order valence-electron chi connectivity index (χ0n) is 17.5. The number of thioether (sulfide) groups is 1. The molecule has 0 saturated heterocycles. The first kappa shape index (κ1) is 23.6. The predicted molar refractivity (Wildman–Crippen MR) is 115 cm³/mol. The van der Waals surface area contributed by atoms with Gasteiger partial charge in [-0.2, -0.15) is 0 Å². The van der Waals surface area contributed by atoms with Crippen LogP contribution >= 0.6 is 23.1 Å². The highest BCUT2D eigenvalue weighted by Crippen LogP contribution is 2.34. The largest absolute Gasteiger partial charge is 0.465 e. The van der Waals surface area contributed by atoms with Crippen molar-refractivity contribution in [3.8, 4) is 0 Å².